The summed E-state index contributed by atoms with van der Waals surface area (Å²) in [5.41, 5.74) is 0.353. The minimum atomic E-state index is -4.43. The highest BCUT2D eigenvalue weighted by atomic mass is 19.4. The number of allylic oxidation sites excluding steroid dienone is 3. The lowest BCUT2D eigenvalue weighted by molar-refractivity contribution is -0.0668. The van der Waals surface area contributed by atoms with Crippen molar-refractivity contribution < 1.29 is 13.2 Å². The average Bonchev–Trinajstić information content (AvgIpc) is 2.09. The predicted molar refractivity (Wildman–Crippen MR) is 55.7 cm³/mol. The summed E-state index contributed by atoms with van der Waals surface area (Å²) in [6, 6.07) is 0. The van der Waals surface area contributed by atoms with Crippen LogP contribution in [-0.4, -0.2) is 31.0 Å². The summed E-state index contributed by atoms with van der Waals surface area (Å²) < 4.78 is 37.4. The lowest BCUT2D eigenvalue weighted by Crippen LogP contribution is -2.36. The van der Waals surface area contributed by atoms with Crippen LogP contribution in [0.4, 0.5) is 13.2 Å². The van der Waals surface area contributed by atoms with Crippen molar-refractivity contribution in [1.29, 1.82) is 0 Å². The molecule has 0 aromatic heterocycles. The molecular formula is C10H15F3N2. The van der Waals surface area contributed by atoms with Gasteiger partial charge in [0.2, 0.25) is 5.84 Å². The maximum Gasteiger partial charge on any atom is 0.449 e. The van der Waals surface area contributed by atoms with Crippen LogP contribution in [0.2, 0.25) is 0 Å². The number of aliphatic imine (C=N–C) groups is 1. The van der Waals surface area contributed by atoms with Gasteiger partial charge >= 0.3 is 6.18 Å². The highest BCUT2D eigenvalue weighted by molar-refractivity contribution is 5.88. The topological polar surface area (TPSA) is 15.6 Å². The third-order valence-electron chi connectivity index (χ3n) is 1.60. The van der Waals surface area contributed by atoms with Crippen molar-refractivity contribution in [3.8, 4) is 0 Å². The van der Waals surface area contributed by atoms with Crippen molar-refractivity contribution in [2.75, 3.05) is 14.1 Å². The number of amidine groups is 1. The van der Waals surface area contributed by atoms with Crippen molar-refractivity contribution in [2.24, 2.45) is 4.99 Å². The fourth-order valence-electron chi connectivity index (χ4n) is 0.923. The van der Waals surface area contributed by atoms with Crippen LogP contribution in [0.25, 0.3) is 0 Å². The van der Waals surface area contributed by atoms with Crippen LogP contribution in [0.15, 0.2) is 29.4 Å². The van der Waals surface area contributed by atoms with Gasteiger partial charge in [-0.1, -0.05) is 19.6 Å². The Morgan fingerprint density at radius 1 is 1.40 bits per heavy atom. The van der Waals surface area contributed by atoms with Gasteiger partial charge in [-0.15, -0.1) is 0 Å². The van der Waals surface area contributed by atoms with Gasteiger partial charge in [0.05, 0.1) is 0 Å². The zero-order chi connectivity index (χ0) is 12.1. The van der Waals surface area contributed by atoms with Crippen molar-refractivity contribution >= 4 is 5.84 Å². The van der Waals surface area contributed by atoms with Crippen LogP contribution >= 0.6 is 0 Å². The van der Waals surface area contributed by atoms with E-state index in [2.05, 4.69) is 11.6 Å². The maximum absolute atomic E-state index is 12.5. The molecule has 0 amide bonds. The molecule has 0 aliphatic heterocycles. The summed E-state index contributed by atoms with van der Waals surface area (Å²) in [7, 11) is 2.63. The summed E-state index contributed by atoms with van der Waals surface area (Å²) >= 11 is 0. The molecule has 0 atom stereocenters. The summed E-state index contributed by atoms with van der Waals surface area (Å²) in [6.07, 6.45) is -1.11. The Morgan fingerprint density at radius 3 is 2.20 bits per heavy atom. The molecule has 5 heteroatoms. The molecule has 0 heterocycles. The average molecular weight is 220 g/mol. The van der Waals surface area contributed by atoms with E-state index >= 15 is 0 Å². The Hall–Kier alpha value is -1.26. The SMILES string of the molecule is C=C/C=C(\CC)N=C(N(C)C)C(F)(F)F. The monoisotopic (exact) mass is 220 g/mol. The van der Waals surface area contributed by atoms with Crippen molar-refractivity contribution in [2.45, 2.75) is 19.5 Å². The van der Waals surface area contributed by atoms with Gasteiger partial charge in [-0.05, 0) is 12.5 Å². The van der Waals surface area contributed by atoms with Gasteiger partial charge in [0.25, 0.3) is 0 Å². The Balaban J connectivity index is 5.16. The highest BCUT2D eigenvalue weighted by Crippen LogP contribution is 2.20. The zero-order valence-corrected chi connectivity index (χ0v) is 9.10. The molecule has 86 valence electrons. The molecule has 0 bridgehead atoms. The van der Waals surface area contributed by atoms with Gasteiger partial charge in [0, 0.05) is 19.8 Å². The standard InChI is InChI=1S/C10H15F3N2/c1-5-7-8(6-2)14-9(15(3)4)10(11,12)13/h5,7H,1,6H2,2-4H3/b8-7+,14-9?. The van der Waals surface area contributed by atoms with E-state index in [-0.39, 0.29) is 0 Å². The highest BCUT2D eigenvalue weighted by Gasteiger charge is 2.37. The second kappa shape index (κ2) is 5.58. The molecule has 0 aromatic rings. The van der Waals surface area contributed by atoms with Gasteiger partial charge in [-0.2, -0.15) is 13.2 Å². The van der Waals surface area contributed by atoms with Crippen LogP contribution in [-0.2, 0) is 0 Å². The number of alkyl halides is 3. The molecule has 0 fully saturated rings. The lowest BCUT2D eigenvalue weighted by atomic mass is 10.3. The quantitative estimate of drug-likeness (QED) is 0.405. The van der Waals surface area contributed by atoms with E-state index in [1.54, 1.807) is 6.92 Å². The first kappa shape index (κ1) is 13.7. The van der Waals surface area contributed by atoms with Gasteiger partial charge in [0.1, 0.15) is 0 Å². The van der Waals surface area contributed by atoms with Crippen LogP contribution < -0.4 is 0 Å². The Bertz CT molecular complexity index is 275. The molecule has 0 spiro atoms. The van der Waals surface area contributed by atoms with Crippen molar-refractivity contribution in [1.82, 2.24) is 4.90 Å². The van der Waals surface area contributed by atoms with Crippen LogP contribution in [0.3, 0.4) is 0 Å². The number of hydrogen-bond donors (Lipinski definition) is 0. The second-order valence-electron chi connectivity index (χ2n) is 3.07. The molecule has 0 aromatic carbocycles. The molecule has 0 aliphatic carbocycles. The predicted octanol–water partition coefficient (Wildman–Crippen LogP) is 2.99. The fraction of sp³-hybridized carbons (Fsp3) is 0.500. The third-order valence-corrected chi connectivity index (χ3v) is 1.60. The Morgan fingerprint density at radius 2 is 1.93 bits per heavy atom. The summed E-state index contributed by atoms with van der Waals surface area (Å²) in [4.78, 5) is 4.51. The van der Waals surface area contributed by atoms with E-state index < -0.39 is 12.0 Å². The van der Waals surface area contributed by atoms with Crippen LogP contribution in [0, 0.1) is 0 Å². The molecule has 0 aliphatic rings. The molecule has 0 rings (SSSR count). The van der Waals surface area contributed by atoms with E-state index in [1.807, 2.05) is 0 Å². The minimum Gasteiger partial charge on any atom is -0.359 e. The largest absolute Gasteiger partial charge is 0.449 e. The number of rotatable bonds is 3. The van der Waals surface area contributed by atoms with Crippen molar-refractivity contribution in [3.63, 3.8) is 0 Å². The molecular weight excluding hydrogens is 205 g/mol. The number of halogens is 3. The first-order chi connectivity index (χ1) is 6.82. The first-order valence-corrected chi connectivity index (χ1v) is 4.47. The maximum atomic E-state index is 12.5. The van der Waals surface area contributed by atoms with E-state index in [0.29, 0.717) is 12.1 Å². The number of hydrogen-bond acceptors (Lipinski definition) is 1. The van der Waals surface area contributed by atoms with Gasteiger partial charge < -0.3 is 4.90 Å². The van der Waals surface area contributed by atoms with Crippen molar-refractivity contribution in [3.05, 3.63) is 24.4 Å². The van der Waals surface area contributed by atoms with Gasteiger partial charge in [-0.3, -0.25) is 0 Å². The summed E-state index contributed by atoms with van der Waals surface area (Å²) in [5, 5.41) is 0. The molecule has 0 unspecified atom stereocenters. The smallest absolute Gasteiger partial charge is 0.359 e. The van der Waals surface area contributed by atoms with Gasteiger partial charge in [-0.25, -0.2) is 4.99 Å². The number of nitrogens with zero attached hydrogens (tertiary/aromatic N) is 2. The zero-order valence-electron chi connectivity index (χ0n) is 9.10. The summed E-state index contributed by atoms with van der Waals surface area (Å²) in [5.74, 6) is -0.905. The van der Waals surface area contributed by atoms with E-state index in [0.717, 1.165) is 4.90 Å². The molecule has 2 nitrogen and oxygen atoms in total. The van der Waals surface area contributed by atoms with E-state index in [1.165, 1.54) is 26.2 Å². The first-order valence-electron chi connectivity index (χ1n) is 4.47. The second-order valence-corrected chi connectivity index (χ2v) is 3.07. The van der Waals surface area contributed by atoms with E-state index in [4.69, 9.17) is 0 Å². The molecule has 0 saturated heterocycles. The van der Waals surface area contributed by atoms with Crippen LogP contribution in [0.1, 0.15) is 13.3 Å². The Kier molecular flexibility index (Phi) is 5.11. The Labute approximate surface area is 87.8 Å². The lowest BCUT2D eigenvalue weighted by Gasteiger charge is -2.18. The fourth-order valence-corrected chi connectivity index (χ4v) is 0.923. The van der Waals surface area contributed by atoms with E-state index in [9.17, 15) is 13.2 Å². The molecule has 0 N–H and O–H groups in total. The van der Waals surface area contributed by atoms with Crippen LogP contribution in [0.5, 0.6) is 0 Å². The molecule has 0 saturated carbocycles. The van der Waals surface area contributed by atoms with Gasteiger partial charge in [0.15, 0.2) is 0 Å². The minimum absolute atomic E-state index is 0.353. The summed E-state index contributed by atoms with van der Waals surface area (Å²) in [6.45, 7) is 5.16. The molecule has 0 radical (unpaired) electrons. The normalized spacial score (nSPS) is 14.0. The third kappa shape index (κ3) is 4.67. The molecule has 15 heavy (non-hydrogen) atoms.